The maximum absolute atomic E-state index is 12.5. The van der Waals surface area contributed by atoms with Crippen LogP contribution >= 0.6 is 46.3 Å². The molecule has 0 radical (unpaired) electrons. The van der Waals surface area contributed by atoms with Gasteiger partial charge in [0, 0.05) is 16.9 Å². The lowest BCUT2D eigenvalue weighted by molar-refractivity contribution is -0.113. The van der Waals surface area contributed by atoms with Crippen molar-refractivity contribution in [1.82, 2.24) is 14.8 Å². The van der Waals surface area contributed by atoms with Gasteiger partial charge in [-0.15, -0.1) is 21.5 Å². The van der Waals surface area contributed by atoms with Gasteiger partial charge in [-0.05, 0) is 37.6 Å². The molecule has 8 nitrogen and oxygen atoms in total. The Morgan fingerprint density at radius 3 is 2.70 bits per heavy atom. The molecule has 0 aliphatic carbocycles. The molecule has 3 aromatic rings. The minimum absolute atomic E-state index is 0.0875. The second kappa shape index (κ2) is 11.2. The van der Waals surface area contributed by atoms with Crippen LogP contribution in [0, 0.1) is 0 Å². The lowest BCUT2D eigenvalue weighted by Crippen LogP contribution is -2.16. The number of thioether (sulfide) groups is 1. The number of rotatable bonds is 9. The SMILES string of the molecule is CCc1cc(C(=O)OC)c(NC(=O)CSc2nnc(C(C)Oc3ccc(Cl)cc3Cl)n2C)s1. The molecule has 2 heterocycles. The highest BCUT2D eigenvalue weighted by Gasteiger charge is 2.21. The van der Waals surface area contributed by atoms with Crippen molar-refractivity contribution in [2.75, 3.05) is 18.2 Å². The molecule has 0 fully saturated rings. The van der Waals surface area contributed by atoms with Gasteiger partial charge in [0.2, 0.25) is 5.91 Å². The van der Waals surface area contributed by atoms with Crippen LogP contribution in [0.4, 0.5) is 5.00 Å². The molecule has 12 heteroatoms. The molecule has 2 aromatic heterocycles. The number of halogens is 2. The Hall–Kier alpha value is -2.27. The van der Waals surface area contributed by atoms with Crippen molar-refractivity contribution in [3.05, 3.63) is 50.6 Å². The molecule has 1 atom stereocenters. The number of nitrogens with zero attached hydrogens (tertiary/aromatic N) is 3. The van der Waals surface area contributed by atoms with E-state index < -0.39 is 12.1 Å². The lowest BCUT2D eigenvalue weighted by atomic mass is 10.2. The molecule has 0 bridgehead atoms. The molecule has 0 spiro atoms. The molecule has 0 saturated heterocycles. The van der Waals surface area contributed by atoms with E-state index in [1.165, 1.54) is 30.2 Å². The van der Waals surface area contributed by atoms with Gasteiger partial charge in [-0.2, -0.15) is 0 Å². The van der Waals surface area contributed by atoms with Crippen molar-refractivity contribution in [3.8, 4) is 5.75 Å². The fourth-order valence-corrected chi connectivity index (χ4v) is 5.05. The minimum Gasteiger partial charge on any atom is -0.481 e. The fourth-order valence-electron chi connectivity index (χ4n) is 2.88. The smallest absolute Gasteiger partial charge is 0.340 e. The third-order valence-electron chi connectivity index (χ3n) is 4.55. The fraction of sp³-hybridized carbons (Fsp3) is 0.333. The highest BCUT2D eigenvalue weighted by molar-refractivity contribution is 7.99. The number of esters is 1. The average molecular weight is 529 g/mol. The summed E-state index contributed by atoms with van der Waals surface area (Å²) in [5, 5.41) is 13.1. The van der Waals surface area contributed by atoms with Gasteiger partial charge in [-0.1, -0.05) is 41.9 Å². The van der Waals surface area contributed by atoms with Crippen LogP contribution in [0.2, 0.25) is 10.0 Å². The summed E-state index contributed by atoms with van der Waals surface area (Å²) < 4.78 is 12.5. The van der Waals surface area contributed by atoms with E-state index in [-0.39, 0.29) is 11.7 Å². The van der Waals surface area contributed by atoms with Crippen LogP contribution in [0.5, 0.6) is 5.75 Å². The summed E-state index contributed by atoms with van der Waals surface area (Å²) in [6, 6.07) is 6.72. The maximum Gasteiger partial charge on any atom is 0.340 e. The zero-order valence-electron chi connectivity index (χ0n) is 18.3. The highest BCUT2D eigenvalue weighted by atomic mass is 35.5. The van der Waals surface area contributed by atoms with E-state index >= 15 is 0 Å². The van der Waals surface area contributed by atoms with Crippen LogP contribution in [0.25, 0.3) is 0 Å². The largest absolute Gasteiger partial charge is 0.481 e. The Labute approximate surface area is 209 Å². The van der Waals surface area contributed by atoms with Crippen molar-refractivity contribution in [2.45, 2.75) is 31.5 Å². The Morgan fingerprint density at radius 1 is 1.27 bits per heavy atom. The molecule has 3 rings (SSSR count). The number of hydrogen-bond acceptors (Lipinski definition) is 8. The van der Waals surface area contributed by atoms with Crippen molar-refractivity contribution in [2.24, 2.45) is 7.05 Å². The summed E-state index contributed by atoms with van der Waals surface area (Å²) in [6.07, 6.45) is 0.313. The zero-order chi connectivity index (χ0) is 24.1. The van der Waals surface area contributed by atoms with Crippen molar-refractivity contribution in [3.63, 3.8) is 0 Å². The van der Waals surface area contributed by atoms with Gasteiger partial charge < -0.3 is 19.4 Å². The number of aromatic nitrogens is 3. The zero-order valence-corrected chi connectivity index (χ0v) is 21.5. The predicted molar refractivity (Wildman–Crippen MR) is 131 cm³/mol. The number of methoxy groups -OCH3 is 1. The number of ether oxygens (including phenoxy) is 2. The molecule has 0 aliphatic rings. The number of carbonyl (C=O) groups is 2. The summed E-state index contributed by atoms with van der Waals surface area (Å²) in [5.41, 5.74) is 0.352. The normalized spacial score (nSPS) is 11.8. The quantitative estimate of drug-likeness (QED) is 0.293. The number of carbonyl (C=O) groups excluding carboxylic acids is 2. The Bertz CT molecular complexity index is 1170. The summed E-state index contributed by atoms with van der Waals surface area (Å²) >= 11 is 14.7. The van der Waals surface area contributed by atoms with Crippen LogP contribution < -0.4 is 10.1 Å². The molecule has 0 aliphatic heterocycles. The first-order valence-electron chi connectivity index (χ1n) is 9.88. The predicted octanol–water partition coefficient (Wildman–Crippen LogP) is 5.40. The van der Waals surface area contributed by atoms with Gasteiger partial charge in [-0.3, -0.25) is 4.79 Å². The second-order valence-electron chi connectivity index (χ2n) is 6.87. The summed E-state index contributed by atoms with van der Waals surface area (Å²) in [5.74, 6) is 0.388. The van der Waals surface area contributed by atoms with Gasteiger partial charge in [0.1, 0.15) is 10.8 Å². The molecular weight excluding hydrogens is 507 g/mol. The third-order valence-corrected chi connectivity index (χ3v) is 7.30. The van der Waals surface area contributed by atoms with Gasteiger partial charge in [-0.25, -0.2) is 4.79 Å². The topological polar surface area (TPSA) is 95.3 Å². The summed E-state index contributed by atoms with van der Waals surface area (Å²) in [7, 11) is 3.10. The lowest BCUT2D eigenvalue weighted by Gasteiger charge is -2.15. The van der Waals surface area contributed by atoms with E-state index in [4.69, 9.17) is 32.7 Å². The first kappa shape index (κ1) is 25.4. The van der Waals surface area contributed by atoms with Gasteiger partial charge in [0.25, 0.3) is 0 Å². The van der Waals surface area contributed by atoms with Gasteiger partial charge in [0.05, 0.1) is 23.4 Å². The van der Waals surface area contributed by atoms with Crippen LogP contribution in [0.15, 0.2) is 29.4 Å². The van der Waals surface area contributed by atoms with Crippen LogP contribution in [-0.2, 0) is 23.0 Å². The summed E-state index contributed by atoms with van der Waals surface area (Å²) in [6.45, 7) is 3.80. The molecule has 1 N–H and O–H groups in total. The van der Waals surface area contributed by atoms with E-state index in [0.717, 1.165) is 11.3 Å². The second-order valence-corrected chi connectivity index (χ2v) is 9.79. The first-order valence-corrected chi connectivity index (χ1v) is 12.4. The highest BCUT2D eigenvalue weighted by Crippen LogP contribution is 2.32. The van der Waals surface area contributed by atoms with E-state index in [0.29, 0.717) is 37.3 Å². The third kappa shape index (κ3) is 6.20. The monoisotopic (exact) mass is 528 g/mol. The van der Waals surface area contributed by atoms with E-state index in [2.05, 4.69) is 15.5 Å². The van der Waals surface area contributed by atoms with Gasteiger partial charge in [0.15, 0.2) is 17.1 Å². The number of thiophene rings is 1. The molecule has 176 valence electrons. The van der Waals surface area contributed by atoms with E-state index in [9.17, 15) is 9.59 Å². The molecule has 1 unspecified atom stereocenters. The standard InChI is InChI=1S/C21H22Cl2N4O4S2/c1-5-13-9-14(20(29)30-4)19(33-13)24-17(28)10-32-21-26-25-18(27(21)3)11(2)31-16-7-6-12(22)8-15(16)23/h6-9,11H,5,10H2,1-4H3,(H,24,28). The molecule has 0 saturated carbocycles. The van der Waals surface area contributed by atoms with Crippen LogP contribution in [0.3, 0.4) is 0 Å². The molecule has 1 aromatic carbocycles. The van der Waals surface area contributed by atoms with Crippen molar-refractivity contribution in [1.29, 1.82) is 0 Å². The van der Waals surface area contributed by atoms with E-state index in [1.807, 2.05) is 13.8 Å². The van der Waals surface area contributed by atoms with Crippen LogP contribution in [0.1, 0.15) is 41.0 Å². The minimum atomic E-state index is -0.485. The Balaban J connectivity index is 1.63. The number of amides is 1. The molecular formula is C21H22Cl2N4O4S2. The van der Waals surface area contributed by atoms with E-state index in [1.54, 1.807) is 35.9 Å². The Morgan fingerprint density at radius 2 is 2.03 bits per heavy atom. The average Bonchev–Trinajstić information content (AvgIpc) is 3.36. The van der Waals surface area contributed by atoms with Crippen molar-refractivity contribution < 1.29 is 19.1 Å². The number of nitrogens with one attached hydrogen (secondary N) is 1. The molecule has 1 amide bonds. The van der Waals surface area contributed by atoms with Crippen LogP contribution in [-0.4, -0.2) is 39.5 Å². The summed E-state index contributed by atoms with van der Waals surface area (Å²) in [4.78, 5) is 25.5. The first-order chi connectivity index (χ1) is 15.7. The Kier molecular flexibility index (Phi) is 8.63. The van der Waals surface area contributed by atoms with Gasteiger partial charge >= 0.3 is 5.97 Å². The maximum atomic E-state index is 12.5. The van der Waals surface area contributed by atoms with Crippen molar-refractivity contribution >= 4 is 63.2 Å². The molecule has 33 heavy (non-hydrogen) atoms. The number of hydrogen-bond donors (Lipinski definition) is 1. The number of benzene rings is 1. The number of aryl methyl sites for hydroxylation is 1. The number of anilines is 1.